The molecule has 0 bridgehead atoms. The molecule has 0 spiro atoms. The maximum atomic E-state index is 11.4. The third-order valence-corrected chi connectivity index (χ3v) is 4.52. The van der Waals surface area contributed by atoms with Crippen molar-refractivity contribution in [3.8, 4) is 0 Å². The fourth-order valence-electron chi connectivity index (χ4n) is 1.72. The van der Waals surface area contributed by atoms with Gasteiger partial charge >= 0.3 is 0 Å². The molecule has 0 radical (unpaired) electrons. The van der Waals surface area contributed by atoms with Gasteiger partial charge in [0, 0.05) is 6.61 Å². The number of aliphatic hydroxyl groups excluding tert-OH is 1. The van der Waals surface area contributed by atoms with Crippen LogP contribution in [0.2, 0.25) is 0 Å². The first kappa shape index (κ1) is 15.1. The molecule has 102 valence electrons. The van der Waals surface area contributed by atoms with E-state index in [1.807, 2.05) is 0 Å². The quantitative estimate of drug-likeness (QED) is 0.636. The highest BCUT2D eigenvalue weighted by Gasteiger charge is 2.23. The summed E-state index contributed by atoms with van der Waals surface area (Å²) in [5.74, 6) is 0. The Bertz CT molecular complexity index is 663. The molecular formula is C9H13NO6S2. The Morgan fingerprint density at radius 1 is 1.22 bits per heavy atom. The molecule has 1 rings (SSSR count). The van der Waals surface area contributed by atoms with Crippen LogP contribution in [0.4, 0.5) is 0 Å². The van der Waals surface area contributed by atoms with Crippen LogP contribution in [0.5, 0.6) is 0 Å². The van der Waals surface area contributed by atoms with Crippen molar-refractivity contribution in [2.24, 2.45) is 5.14 Å². The number of hydrogen-bond acceptors (Lipinski definition) is 5. The van der Waals surface area contributed by atoms with Gasteiger partial charge in [0.1, 0.15) is 0 Å². The van der Waals surface area contributed by atoms with Crippen LogP contribution in [0.3, 0.4) is 0 Å². The van der Waals surface area contributed by atoms with Gasteiger partial charge < -0.3 is 5.11 Å². The van der Waals surface area contributed by atoms with Crippen molar-refractivity contribution in [1.29, 1.82) is 0 Å². The van der Waals surface area contributed by atoms with Crippen LogP contribution in [0, 0.1) is 6.92 Å². The van der Waals surface area contributed by atoms with Crippen molar-refractivity contribution in [3.63, 3.8) is 0 Å². The molecule has 0 amide bonds. The Morgan fingerprint density at radius 3 is 2.17 bits per heavy atom. The van der Waals surface area contributed by atoms with Gasteiger partial charge in [0.15, 0.2) is 0 Å². The van der Waals surface area contributed by atoms with Crippen LogP contribution in [0.1, 0.15) is 11.1 Å². The first-order valence-corrected chi connectivity index (χ1v) is 7.81. The van der Waals surface area contributed by atoms with Crippen LogP contribution in [-0.4, -0.2) is 33.1 Å². The number of aliphatic hydroxyl groups is 1. The average molecular weight is 295 g/mol. The summed E-state index contributed by atoms with van der Waals surface area (Å²) in [6.07, 6.45) is 0.0123. The van der Waals surface area contributed by atoms with Gasteiger partial charge in [-0.1, -0.05) is 6.07 Å². The molecule has 0 fully saturated rings. The number of sulfonamides is 1. The van der Waals surface area contributed by atoms with Gasteiger partial charge in [0.25, 0.3) is 10.1 Å². The van der Waals surface area contributed by atoms with Crippen molar-refractivity contribution < 1.29 is 26.5 Å². The topological polar surface area (TPSA) is 135 Å². The number of benzene rings is 1. The highest BCUT2D eigenvalue weighted by Crippen LogP contribution is 2.26. The second-order valence-corrected chi connectivity index (χ2v) is 6.56. The predicted octanol–water partition coefficient (Wildman–Crippen LogP) is -0.576. The minimum atomic E-state index is -4.53. The summed E-state index contributed by atoms with van der Waals surface area (Å²) in [7, 11) is -8.69. The van der Waals surface area contributed by atoms with E-state index < -0.39 is 25.0 Å². The molecule has 0 aliphatic carbocycles. The molecule has 0 unspecified atom stereocenters. The molecule has 9 heteroatoms. The Morgan fingerprint density at radius 2 is 1.78 bits per heavy atom. The van der Waals surface area contributed by atoms with E-state index >= 15 is 0 Å². The van der Waals surface area contributed by atoms with Gasteiger partial charge in [0.05, 0.1) is 9.79 Å². The first-order chi connectivity index (χ1) is 8.09. The number of primary sulfonamides is 1. The Hall–Kier alpha value is -1.00. The van der Waals surface area contributed by atoms with E-state index in [4.69, 9.17) is 14.8 Å². The van der Waals surface area contributed by atoms with Crippen LogP contribution in [0.15, 0.2) is 21.9 Å². The zero-order valence-corrected chi connectivity index (χ0v) is 11.1. The molecule has 0 aliphatic heterocycles. The lowest BCUT2D eigenvalue weighted by atomic mass is 10.1. The number of nitrogens with two attached hydrogens (primary N) is 1. The molecule has 1 aromatic rings. The summed E-state index contributed by atoms with van der Waals surface area (Å²) in [5.41, 5.74) is 0.0378. The van der Waals surface area contributed by atoms with Crippen molar-refractivity contribution in [2.75, 3.05) is 6.61 Å². The predicted molar refractivity (Wildman–Crippen MR) is 63.2 cm³/mol. The van der Waals surface area contributed by atoms with E-state index in [1.165, 1.54) is 13.0 Å². The molecule has 1 aromatic carbocycles. The number of rotatable bonds is 4. The molecule has 0 atom stereocenters. The van der Waals surface area contributed by atoms with Gasteiger partial charge in [-0.25, -0.2) is 13.6 Å². The van der Waals surface area contributed by atoms with E-state index in [-0.39, 0.29) is 29.1 Å². The highest BCUT2D eigenvalue weighted by atomic mass is 32.2. The fraction of sp³-hybridized carbons (Fsp3) is 0.333. The largest absolute Gasteiger partial charge is 0.396 e. The smallest absolute Gasteiger partial charge is 0.294 e. The van der Waals surface area contributed by atoms with Crippen molar-refractivity contribution >= 4 is 20.1 Å². The van der Waals surface area contributed by atoms with E-state index in [0.29, 0.717) is 0 Å². The zero-order chi connectivity index (χ0) is 14.1. The minimum Gasteiger partial charge on any atom is -0.396 e. The lowest BCUT2D eigenvalue weighted by Crippen LogP contribution is -2.18. The molecule has 18 heavy (non-hydrogen) atoms. The SMILES string of the molecule is Cc1c(S(=O)(=O)O)ccc(CCO)c1S(N)(=O)=O. The minimum absolute atomic E-state index is 0.0123. The second-order valence-electron chi connectivity index (χ2n) is 3.67. The second kappa shape index (κ2) is 4.94. The number of hydrogen-bond donors (Lipinski definition) is 3. The molecule has 0 aliphatic rings. The average Bonchev–Trinajstić information content (AvgIpc) is 2.13. The third kappa shape index (κ3) is 3.06. The molecule has 7 nitrogen and oxygen atoms in total. The summed E-state index contributed by atoms with van der Waals surface area (Å²) in [6, 6.07) is 2.27. The van der Waals surface area contributed by atoms with Crippen LogP contribution in [0.25, 0.3) is 0 Å². The maximum Gasteiger partial charge on any atom is 0.294 e. The Kier molecular flexibility index (Phi) is 4.13. The molecule has 0 saturated heterocycles. The molecule has 0 heterocycles. The maximum absolute atomic E-state index is 11.4. The lowest BCUT2D eigenvalue weighted by Gasteiger charge is -2.12. The summed E-state index contributed by atoms with van der Waals surface area (Å²) < 4.78 is 54.0. The van der Waals surface area contributed by atoms with E-state index in [1.54, 1.807) is 0 Å². The summed E-state index contributed by atoms with van der Waals surface area (Å²) in [6.45, 7) is 0.914. The summed E-state index contributed by atoms with van der Waals surface area (Å²) in [4.78, 5) is -0.903. The molecule has 0 aromatic heterocycles. The highest BCUT2D eigenvalue weighted by molar-refractivity contribution is 7.89. The zero-order valence-electron chi connectivity index (χ0n) is 9.49. The molecular weight excluding hydrogens is 282 g/mol. The fourth-order valence-corrected chi connectivity index (χ4v) is 3.59. The van der Waals surface area contributed by atoms with Crippen molar-refractivity contribution in [1.82, 2.24) is 0 Å². The third-order valence-electron chi connectivity index (χ3n) is 2.38. The van der Waals surface area contributed by atoms with Gasteiger partial charge in [-0.3, -0.25) is 4.55 Å². The van der Waals surface area contributed by atoms with E-state index in [0.717, 1.165) is 6.07 Å². The Balaban J connectivity index is 3.72. The van der Waals surface area contributed by atoms with E-state index in [2.05, 4.69) is 0 Å². The summed E-state index contributed by atoms with van der Waals surface area (Å²) >= 11 is 0. The Labute approximate surface area is 105 Å². The molecule has 4 N–H and O–H groups in total. The normalized spacial score (nSPS) is 12.7. The van der Waals surface area contributed by atoms with Gasteiger partial charge in [-0.2, -0.15) is 8.42 Å². The van der Waals surface area contributed by atoms with Gasteiger partial charge in [0.2, 0.25) is 10.0 Å². The lowest BCUT2D eigenvalue weighted by molar-refractivity contribution is 0.298. The molecule has 0 saturated carbocycles. The van der Waals surface area contributed by atoms with Crippen LogP contribution >= 0.6 is 0 Å². The van der Waals surface area contributed by atoms with Crippen LogP contribution < -0.4 is 5.14 Å². The van der Waals surface area contributed by atoms with Crippen LogP contribution in [-0.2, 0) is 26.6 Å². The van der Waals surface area contributed by atoms with Crippen molar-refractivity contribution in [3.05, 3.63) is 23.3 Å². The first-order valence-electron chi connectivity index (χ1n) is 4.82. The van der Waals surface area contributed by atoms with Crippen molar-refractivity contribution in [2.45, 2.75) is 23.1 Å². The summed E-state index contributed by atoms with van der Waals surface area (Å²) in [5, 5.41) is 13.8. The standard InChI is InChI=1S/C9H13NO6S2/c1-6-8(18(14,15)16)3-2-7(4-5-11)9(6)17(10,12)13/h2-3,11H,4-5H2,1H3,(H2,10,12,13)(H,14,15,16). The van der Waals surface area contributed by atoms with Gasteiger partial charge in [-0.05, 0) is 30.5 Å². The monoisotopic (exact) mass is 295 g/mol. The van der Waals surface area contributed by atoms with E-state index in [9.17, 15) is 16.8 Å². The van der Waals surface area contributed by atoms with Gasteiger partial charge in [-0.15, -0.1) is 0 Å².